The van der Waals surface area contributed by atoms with Crippen LogP contribution in [0.25, 0.3) is 50.3 Å². The summed E-state index contributed by atoms with van der Waals surface area (Å²) < 4.78 is 14.4. The molecule has 4 unspecified atom stereocenters. The molecule has 10 rings (SSSR count). The van der Waals surface area contributed by atoms with Crippen molar-refractivity contribution in [2.75, 3.05) is 0 Å². The molecule has 0 amide bonds. The van der Waals surface area contributed by atoms with Gasteiger partial charge in [-0.15, -0.1) is 6.58 Å². The van der Waals surface area contributed by atoms with Gasteiger partial charge in [-0.3, -0.25) is 0 Å². The molecule has 49 heavy (non-hydrogen) atoms. The Balaban J connectivity index is 1.19. The average molecular weight is 640 g/mol. The van der Waals surface area contributed by atoms with Crippen LogP contribution in [0.4, 0.5) is 0 Å². The minimum absolute atomic E-state index is 0.202. The van der Waals surface area contributed by atoms with Crippen LogP contribution in [-0.4, -0.2) is 4.57 Å². The number of aryl methyl sites for hydroxylation is 2. The number of hydrogen-bond donors (Lipinski definition) is 0. The lowest BCUT2D eigenvalue weighted by Gasteiger charge is -2.57. The molecule has 0 bridgehead atoms. The number of para-hydroxylation sites is 2. The molecule has 0 radical (unpaired) electrons. The molecule has 7 aromatic rings. The second-order valence-corrected chi connectivity index (χ2v) is 14.3. The van der Waals surface area contributed by atoms with Gasteiger partial charge < -0.3 is 4.42 Å². The van der Waals surface area contributed by atoms with Crippen LogP contribution in [0.1, 0.15) is 60.9 Å². The summed E-state index contributed by atoms with van der Waals surface area (Å²) in [7, 11) is 0. The van der Waals surface area contributed by atoms with Crippen LogP contribution in [0.3, 0.4) is 0 Å². The first-order chi connectivity index (χ1) is 24.2. The number of rotatable bonds is 6. The minimum atomic E-state index is -0.202. The van der Waals surface area contributed by atoms with Gasteiger partial charge in [0.25, 0.3) is 5.82 Å². The van der Waals surface area contributed by atoms with Crippen LogP contribution < -0.4 is 9.13 Å². The van der Waals surface area contributed by atoms with Gasteiger partial charge in [0, 0.05) is 29.3 Å². The minimum Gasteiger partial charge on any atom is -0.455 e. The number of nitrogens with zero attached hydrogens (tertiary/aromatic N) is 3. The maximum atomic E-state index is 6.65. The van der Waals surface area contributed by atoms with Crippen LogP contribution in [-0.2, 0) is 24.8 Å². The van der Waals surface area contributed by atoms with Crippen molar-refractivity contribution >= 4 is 21.9 Å². The van der Waals surface area contributed by atoms with Crippen molar-refractivity contribution in [3.63, 3.8) is 0 Å². The van der Waals surface area contributed by atoms with Crippen LogP contribution in [0, 0.1) is 5.92 Å². The highest BCUT2D eigenvalue weighted by Crippen LogP contribution is 2.64. The molecule has 3 aliphatic rings. The summed E-state index contributed by atoms with van der Waals surface area (Å²) in [5.41, 5.74) is 12.5. The first kappa shape index (κ1) is 28.8. The van der Waals surface area contributed by atoms with E-state index in [-0.39, 0.29) is 23.4 Å². The quantitative estimate of drug-likeness (QED) is 0.131. The summed E-state index contributed by atoms with van der Waals surface area (Å²) in [6.07, 6.45) is 14.6. The molecule has 3 aromatic heterocycles. The second kappa shape index (κ2) is 10.6. The first-order valence-electron chi connectivity index (χ1n) is 18.1. The van der Waals surface area contributed by atoms with Gasteiger partial charge >= 0.3 is 0 Å². The predicted octanol–water partition coefficient (Wildman–Crippen LogP) is 9.60. The third-order valence-corrected chi connectivity index (χ3v) is 11.9. The lowest BCUT2D eigenvalue weighted by Crippen LogP contribution is -2.79. The van der Waals surface area contributed by atoms with Gasteiger partial charge in [-0.25, -0.2) is 4.57 Å². The maximum absolute atomic E-state index is 6.65. The van der Waals surface area contributed by atoms with E-state index >= 15 is 0 Å². The lowest BCUT2D eigenvalue weighted by molar-refractivity contribution is -0.836. The topological polar surface area (TPSA) is 25.8 Å². The smallest absolute Gasteiger partial charge is 0.294 e. The fourth-order valence-electron chi connectivity index (χ4n) is 10.2. The van der Waals surface area contributed by atoms with Crippen LogP contribution in [0.5, 0.6) is 0 Å². The van der Waals surface area contributed by atoms with Crippen molar-refractivity contribution in [1.82, 2.24) is 4.57 Å². The summed E-state index contributed by atoms with van der Waals surface area (Å²) in [6.45, 7) is 9.12. The van der Waals surface area contributed by atoms with E-state index in [4.69, 9.17) is 4.42 Å². The molecule has 4 aromatic carbocycles. The number of pyridine rings is 1. The molecule has 4 nitrogen and oxygen atoms in total. The van der Waals surface area contributed by atoms with Gasteiger partial charge in [0.2, 0.25) is 5.69 Å². The fraction of sp³-hybridized carbons (Fsp3) is 0.244. The Morgan fingerprint density at radius 1 is 0.837 bits per heavy atom. The van der Waals surface area contributed by atoms with Gasteiger partial charge in [0.05, 0.1) is 23.0 Å². The van der Waals surface area contributed by atoms with E-state index in [0.717, 1.165) is 43.3 Å². The van der Waals surface area contributed by atoms with Gasteiger partial charge in [0.1, 0.15) is 35.3 Å². The molecular formula is C45H41N3O+2. The summed E-state index contributed by atoms with van der Waals surface area (Å²) in [5.74, 6) is 1.78. The number of aromatic nitrogens is 3. The Morgan fingerprint density at radius 2 is 1.61 bits per heavy atom. The Labute approximate surface area is 287 Å². The van der Waals surface area contributed by atoms with E-state index < -0.39 is 0 Å². The third kappa shape index (κ3) is 3.69. The zero-order valence-corrected chi connectivity index (χ0v) is 28.3. The maximum Gasteiger partial charge on any atom is 0.294 e. The number of furan rings is 1. The number of imidazole rings is 1. The Bertz CT molecular complexity index is 2440. The molecule has 2 aliphatic heterocycles. The highest BCUT2D eigenvalue weighted by molar-refractivity contribution is 6.09. The van der Waals surface area contributed by atoms with E-state index in [1.807, 2.05) is 0 Å². The normalized spacial score (nSPS) is 21.5. The first-order valence-corrected chi connectivity index (χ1v) is 18.1. The van der Waals surface area contributed by atoms with E-state index in [9.17, 15) is 0 Å². The molecule has 1 fully saturated rings. The molecule has 240 valence electrons. The molecule has 4 atom stereocenters. The molecule has 4 heteroatoms. The van der Waals surface area contributed by atoms with Crippen LogP contribution in [0.15, 0.2) is 133 Å². The molecular weight excluding hydrogens is 599 g/mol. The van der Waals surface area contributed by atoms with Crippen molar-refractivity contribution in [3.8, 4) is 28.3 Å². The SMILES string of the molecule is C=CC1C2C(c3ccccc3-c3n(-c4c(CCC)cccc4CCC)cc[n+]32)C12Cc1ccc3c(oc4ccccc43)c1-c1cccc[n+]12. The zero-order valence-electron chi connectivity index (χ0n) is 28.3. The van der Waals surface area contributed by atoms with Crippen LogP contribution >= 0.6 is 0 Å². The fourth-order valence-corrected chi connectivity index (χ4v) is 10.2. The van der Waals surface area contributed by atoms with Crippen molar-refractivity contribution in [1.29, 1.82) is 0 Å². The molecule has 0 N–H and O–H groups in total. The molecule has 5 heterocycles. The number of allylic oxidation sites excluding steroid dienone is 1. The largest absolute Gasteiger partial charge is 0.455 e. The van der Waals surface area contributed by atoms with E-state index in [1.165, 1.54) is 61.4 Å². The van der Waals surface area contributed by atoms with E-state index in [0.29, 0.717) is 0 Å². The van der Waals surface area contributed by atoms with Crippen LogP contribution in [0.2, 0.25) is 0 Å². The average Bonchev–Trinajstić information content (AvgIpc) is 3.73. The number of fused-ring (bicyclic) bond motifs is 15. The third-order valence-electron chi connectivity index (χ3n) is 11.9. The number of benzene rings is 4. The molecule has 1 spiro atoms. The highest BCUT2D eigenvalue weighted by atomic mass is 16.3. The van der Waals surface area contributed by atoms with Crippen molar-refractivity contribution in [3.05, 3.63) is 151 Å². The van der Waals surface area contributed by atoms with Gasteiger partial charge in [-0.05, 0) is 53.3 Å². The van der Waals surface area contributed by atoms with Gasteiger partial charge in [-0.1, -0.05) is 99.5 Å². The number of hydrogen-bond acceptors (Lipinski definition) is 1. The van der Waals surface area contributed by atoms with Crippen molar-refractivity contribution < 1.29 is 13.6 Å². The standard InChI is InChI=1S/C45H41N3O/c1-4-14-29-16-13-17-30(15-5-2)41(29)46-26-27-47-42-36(6-3)45(40(42)33-19-7-8-20-35(33)44(46)47)28-31-23-24-34-32-18-9-10-22-38(32)49-43(34)39(31)37-21-11-12-25-48(37)45/h6-13,16-27,36,40,42H,3-5,14-15,28H2,1-2H3/q+2. The summed E-state index contributed by atoms with van der Waals surface area (Å²) in [6, 6.07) is 36.2. The monoisotopic (exact) mass is 639 g/mol. The highest BCUT2D eigenvalue weighted by Gasteiger charge is 2.74. The molecule has 0 saturated heterocycles. The Hall–Kier alpha value is -5.22. The lowest BCUT2D eigenvalue weighted by atomic mass is 9.48. The summed E-state index contributed by atoms with van der Waals surface area (Å²) in [4.78, 5) is 0. The van der Waals surface area contributed by atoms with E-state index in [1.54, 1.807) is 0 Å². The second-order valence-electron chi connectivity index (χ2n) is 14.3. The van der Waals surface area contributed by atoms with Gasteiger partial charge in [0.15, 0.2) is 11.7 Å². The predicted molar refractivity (Wildman–Crippen MR) is 196 cm³/mol. The van der Waals surface area contributed by atoms with Crippen molar-refractivity contribution in [2.24, 2.45) is 5.92 Å². The van der Waals surface area contributed by atoms with Gasteiger partial charge in [-0.2, -0.15) is 9.13 Å². The Kier molecular flexibility index (Phi) is 6.24. The Morgan fingerprint density at radius 3 is 2.43 bits per heavy atom. The molecule has 1 saturated carbocycles. The zero-order chi connectivity index (χ0) is 32.9. The van der Waals surface area contributed by atoms with E-state index in [2.05, 4.69) is 156 Å². The van der Waals surface area contributed by atoms with Crippen molar-refractivity contribution in [2.45, 2.75) is 63.5 Å². The molecule has 1 aliphatic carbocycles. The summed E-state index contributed by atoms with van der Waals surface area (Å²) in [5, 5.41) is 2.36. The summed E-state index contributed by atoms with van der Waals surface area (Å²) >= 11 is 0.